The first-order chi connectivity index (χ1) is 9.19. The van der Waals surface area contributed by atoms with E-state index in [1.165, 1.54) is 19.3 Å². The van der Waals surface area contributed by atoms with E-state index in [0.29, 0.717) is 17.4 Å². The summed E-state index contributed by atoms with van der Waals surface area (Å²) in [6.45, 7) is 3.74. The molecule has 4 nitrogen and oxygen atoms in total. The lowest BCUT2D eigenvalue weighted by Crippen LogP contribution is -2.39. The second-order valence-electron chi connectivity index (χ2n) is 5.09. The molecule has 0 unspecified atom stereocenters. The molecule has 19 heavy (non-hydrogen) atoms. The molecule has 1 aliphatic rings. The van der Waals surface area contributed by atoms with Crippen molar-refractivity contribution in [1.82, 2.24) is 4.90 Å². The number of nitrogens with two attached hydrogens (primary N) is 1. The van der Waals surface area contributed by atoms with Gasteiger partial charge in [0, 0.05) is 18.8 Å². The van der Waals surface area contributed by atoms with Gasteiger partial charge in [-0.3, -0.25) is 4.79 Å². The number of nitrogen functional groups attached to an aromatic ring is 1. The number of hydrogen-bond acceptors (Lipinski definition) is 3. The van der Waals surface area contributed by atoms with Gasteiger partial charge in [0.25, 0.3) is 5.91 Å². The molecule has 0 bridgehead atoms. The van der Waals surface area contributed by atoms with Gasteiger partial charge in [-0.15, -0.1) is 0 Å². The molecular weight excluding hydrogens is 240 g/mol. The summed E-state index contributed by atoms with van der Waals surface area (Å²) in [6, 6.07) is 7.10. The maximum Gasteiger partial charge on any atom is 0.260 e. The lowest BCUT2D eigenvalue weighted by atomic mass is 9.85. The van der Waals surface area contributed by atoms with E-state index in [0.717, 1.165) is 13.1 Å². The predicted molar refractivity (Wildman–Crippen MR) is 75.9 cm³/mol. The fraction of sp³-hybridized carbons (Fsp3) is 0.533. The number of hydrogen-bond donors (Lipinski definition) is 1. The Morgan fingerprint density at radius 1 is 1.37 bits per heavy atom. The predicted octanol–water partition coefficient (Wildman–Crippen LogP) is 2.30. The molecule has 2 N–H and O–H groups in total. The highest BCUT2D eigenvalue weighted by Crippen LogP contribution is 2.27. The van der Waals surface area contributed by atoms with Gasteiger partial charge in [0.05, 0.1) is 0 Å². The van der Waals surface area contributed by atoms with Gasteiger partial charge in [0.15, 0.2) is 6.61 Å². The van der Waals surface area contributed by atoms with Gasteiger partial charge in [0.1, 0.15) is 5.75 Å². The summed E-state index contributed by atoms with van der Waals surface area (Å²) in [5, 5.41) is 0. The van der Waals surface area contributed by atoms with Crippen molar-refractivity contribution < 1.29 is 9.53 Å². The first kappa shape index (κ1) is 13.7. The zero-order valence-corrected chi connectivity index (χ0v) is 11.5. The fourth-order valence-electron chi connectivity index (χ4n) is 2.19. The second-order valence-corrected chi connectivity index (χ2v) is 5.09. The minimum atomic E-state index is 0.0613. The molecule has 0 aromatic heterocycles. The van der Waals surface area contributed by atoms with Crippen LogP contribution in [0.15, 0.2) is 24.3 Å². The van der Waals surface area contributed by atoms with Crippen molar-refractivity contribution in [1.29, 1.82) is 0 Å². The van der Waals surface area contributed by atoms with E-state index < -0.39 is 0 Å². The summed E-state index contributed by atoms with van der Waals surface area (Å²) < 4.78 is 5.49. The average molecular weight is 262 g/mol. The Kier molecular flexibility index (Phi) is 4.66. The van der Waals surface area contributed by atoms with Crippen LogP contribution in [-0.4, -0.2) is 30.5 Å². The number of nitrogens with zero attached hydrogens (tertiary/aromatic N) is 1. The van der Waals surface area contributed by atoms with Crippen LogP contribution in [0, 0.1) is 5.92 Å². The van der Waals surface area contributed by atoms with Crippen LogP contribution in [0.1, 0.15) is 26.2 Å². The molecule has 0 saturated heterocycles. The highest BCUT2D eigenvalue weighted by atomic mass is 16.5. The van der Waals surface area contributed by atoms with E-state index in [1.807, 2.05) is 11.8 Å². The zero-order chi connectivity index (χ0) is 13.7. The normalized spacial score (nSPS) is 14.8. The van der Waals surface area contributed by atoms with Crippen molar-refractivity contribution >= 4 is 11.6 Å². The molecule has 4 heteroatoms. The van der Waals surface area contributed by atoms with Crippen LogP contribution in [-0.2, 0) is 4.79 Å². The Balaban J connectivity index is 1.79. The van der Waals surface area contributed by atoms with Crippen LogP contribution in [0.2, 0.25) is 0 Å². The van der Waals surface area contributed by atoms with Crippen LogP contribution >= 0.6 is 0 Å². The number of benzene rings is 1. The lowest BCUT2D eigenvalue weighted by molar-refractivity contribution is -0.134. The van der Waals surface area contributed by atoms with Crippen LogP contribution in [0.5, 0.6) is 5.75 Å². The lowest BCUT2D eigenvalue weighted by Gasteiger charge is -2.31. The maximum atomic E-state index is 12.1. The highest BCUT2D eigenvalue weighted by Gasteiger charge is 2.22. The number of carbonyl (C=O) groups excluding carboxylic acids is 1. The Morgan fingerprint density at radius 2 is 2.05 bits per heavy atom. The van der Waals surface area contributed by atoms with Crippen molar-refractivity contribution in [2.24, 2.45) is 5.92 Å². The van der Waals surface area contributed by atoms with Gasteiger partial charge in [-0.1, -0.05) is 6.42 Å². The summed E-state index contributed by atoms with van der Waals surface area (Å²) in [5.41, 5.74) is 6.29. The summed E-state index contributed by atoms with van der Waals surface area (Å²) in [6.07, 6.45) is 3.81. The molecule has 0 aliphatic heterocycles. The third-order valence-corrected chi connectivity index (χ3v) is 3.68. The van der Waals surface area contributed by atoms with Crippen LogP contribution < -0.4 is 10.5 Å². The van der Waals surface area contributed by atoms with E-state index in [1.54, 1.807) is 24.3 Å². The number of likely N-dealkylation sites (N-methyl/N-ethyl adjacent to an activating group) is 1. The van der Waals surface area contributed by atoms with Crippen LogP contribution in [0.25, 0.3) is 0 Å². The molecular formula is C15H22N2O2. The highest BCUT2D eigenvalue weighted by molar-refractivity contribution is 5.77. The van der Waals surface area contributed by atoms with Crippen molar-refractivity contribution in [2.75, 3.05) is 25.4 Å². The van der Waals surface area contributed by atoms with Crippen molar-refractivity contribution in [3.05, 3.63) is 24.3 Å². The summed E-state index contributed by atoms with van der Waals surface area (Å²) in [4.78, 5) is 14.0. The molecule has 1 aromatic carbocycles. The van der Waals surface area contributed by atoms with E-state index in [2.05, 4.69) is 0 Å². The zero-order valence-electron chi connectivity index (χ0n) is 11.5. The molecule has 0 spiro atoms. The van der Waals surface area contributed by atoms with Crippen LogP contribution in [0.4, 0.5) is 5.69 Å². The fourth-order valence-corrected chi connectivity index (χ4v) is 2.19. The minimum Gasteiger partial charge on any atom is -0.484 e. The molecule has 1 fully saturated rings. The van der Waals surface area contributed by atoms with Gasteiger partial charge in [0.2, 0.25) is 0 Å². The third-order valence-electron chi connectivity index (χ3n) is 3.68. The van der Waals surface area contributed by atoms with E-state index in [4.69, 9.17) is 10.5 Å². The molecule has 104 valence electrons. The van der Waals surface area contributed by atoms with Gasteiger partial charge in [-0.05, 0) is 49.9 Å². The molecule has 0 heterocycles. The molecule has 1 aliphatic carbocycles. The summed E-state index contributed by atoms with van der Waals surface area (Å²) in [5.74, 6) is 1.44. The number of amides is 1. The van der Waals surface area contributed by atoms with Gasteiger partial charge < -0.3 is 15.4 Å². The van der Waals surface area contributed by atoms with E-state index in [9.17, 15) is 4.79 Å². The first-order valence-electron chi connectivity index (χ1n) is 6.95. The molecule has 1 aromatic rings. The Morgan fingerprint density at radius 3 is 2.58 bits per heavy atom. The SMILES string of the molecule is CCN(CC1CCC1)C(=O)COc1ccc(N)cc1. The van der Waals surface area contributed by atoms with Gasteiger partial charge >= 0.3 is 0 Å². The second kappa shape index (κ2) is 6.45. The smallest absolute Gasteiger partial charge is 0.260 e. The Labute approximate surface area is 114 Å². The van der Waals surface area contributed by atoms with Gasteiger partial charge in [-0.2, -0.15) is 0 Å². The van der Waals surface area contributed by atoms with Crippen molar-refractivity contribution in [3.8, 4) is 5.75 Å². The number of ether oxygens (including phenoxy) is 1. The minimum absolute atomic E-state index is 0.0613. The quantitative estimate of drug-likeness (QED) is 0.800. The molecule has 0 radical (unpaired) electrons. The summed E-state index contributed by atoms with van der Waals surface area (Å²) >= 11 is 0. The van der Waals surface area contributed by atoms with Crippen molar-refractivity contribution in [2.45, 2.75) is 26.2 Å². The Hall–Kier alpha value is -1.71. The van der Waals surface area contributed by atoms with Gasteiger partial charge in [-0.25, -0.2) is 0 Å². The van der Waals surface area contributed by atoms with Crippen molar-refractivity contribution in [3.63, 3.8) is 0 Å². The van der Waals surface area contributed by atoms with E-state index >= 15 is 0 Å². The standard InChI is InChI=1S/C15H22N2O2/c1-2-17(10-12-4-3-5-12)15(18)11-19-14-8-6-13(16)7-9-14/h6-9,12H,2-5,10-11,16H2,1H3. The molecule has 0 atom stereocenters. The largest absolute Gasteiger partial charge is 0.484 e. The van der Waals surface area contributed by atoms with Crippen LogP contribution in [0.3, 0.4) is 0 Å². The Bertz CT molecular complexity index is 413. The third kappa shape index (κ3) is 3.88. The monoisotopic (exact) mass is 262 g/mol. The number of anilines is 1. The maximum absolute atomic E-state index is 12.1. The molecule has 1 saturated carbocycles. The average Bonchev–Trinajstić information content (AvgIpc) is 2.37. The number of rotatable bonds is 6. The first-order valence-corrected chi connectivity index (χ1v) is 6.95. The molecule has 2 rings (SSSR count). The number of carbonyl (C=O) groups is 1. The summed E-state index contributed by atoms with van der Waals surface area (Å²) in [7, 11) is 0. The molecule has 1 amide bonds. The topological polar surface area (TPSA) is 55.6 Å². The van der Waals surface area contributed by atoms with E-state index in [-0.39, 0.29) is 12.5 Å².